The van der Waals surface area contributed by atoms with E-state index in [-0.39, 0.29) is 17.4 Å². The smallest absolute Gasteiger partial charge is 0.335 e. The van der Waals surface area contributed by atoms with Crippen LogP contribution in [0.25, 0.3) is 6.08 Å². The van der Waals surface area contributed by atoms with Gasteiger partial charge in [-0.3, -0.25) is 4.79 Å². The number of aliphatic hydroxyl groups is 1. The van der Waals surface area contributed by atoms with Crippen LogP contribution in [-0.2, 0) is 4.79 Å². The predicted octanol–water partition coefficient (Wildman–Crippen LogP) is 4.14. The third-order valence-corrected chi connectivity index (χ3v) is 4.31. The number of carbonyl (C=O) groups is 2. The summed E-state index contributed by atoms with van der Waals surface area (Å²) in [6.45, 7) is 5.80. The van der Waals surface area contributed by atoms with Gasteiger partial charge in [-0.2, -0.15) is 0 Å². The van der Waals surface area contributed by atoms with Crippen LogP contribution >= 0.6 is 0 Å². The second kappa shape index (κ2) is 9.14. The molecular formula is C22H25NO4. The van der Waals surface area contributed by atoms with Crippen LogP contribution in [0, 0.1) is 5.92 Å². The molecule has 2 aromatic carbocycles. The molecule has 0 aliphatic heterocycles. The summed E-state index contributed by atoms with van der Waals surface area (Å²) in [5.41, 5.74) is 2.68. The molecule has 0 aliphatic rings. The number of carbonyl (C=O) groups excluding carboxylic acids is 1. The second-order valence-corrected chi connectivity index (χ2v) is 6.74. The van der Waals surface area contributed by atoms with E-state index in [1.165, 1.54) is 6.92 Å². The Kier molecular flexibility index (Phi) is 6.91. The molecule has 0 radical (unpaired) electrons. The van der Waals surface area contributed by atoms with Crippen molar-refractivity contribution in [1.82, 2.24) is 0 Å². The van der Waals surface area contributed by atoms with Crippen molar-refractivity contribution in [3.8, 4) is 0 Å². The van der Waals surface area contributed by atoms with Crippen LogP contribution in [0.15, 0.2) is 54.6 Å². The van der Waals surface area contributed by atoms with Crippen LogP contribution in [-0.4, -0.2) is 28.6 Å². The van der Waals surface area contributed by atoms with Gasteiger partial charge in [0.05, 0.1) is 11.7 Å². The van der Waals surface area contributed by atoms with Gasteiger partial charge in [-0.25, -0.2) is 4.79 Å². The first kappa shape index (κ1) is 20.4. The number of amides is 1. The number of aliphatic hydroxyl groups excluding tert-OH is 1. The Labute approximate surface area is 159 Å². The van der Waals surface area contributed by atoms with Crippen molar-refractivity contribution >= 4 is 23.6 Å². The number of hydrogen-bond donors (Lipinski definition) is 2. The number of anilines is 1. The highest BCUT2D eigenvalue weighted by Crippen LogP contribution is 2.24. The van der Waals surface area contributed by atoms with Crippen molar-refractivity contribution in [1.29, 1.82) is 0 Å². The van der Waals surface area contributed by atoms with E-state index in [9.17, 15) is 14.7 Å². The number of rotatable bonds is 7. The molecule has 142 valence electrons. The van der Waals surface area contributed by atoms with Crippen molar-refractivity contribution < 1.29 is 19.8 Å². The fraction of sp³-hybridized carbons (Fsp3) is 0.273. The number of nitrogens with zero attached hydrogens (tertiary/aromatic N) is 1. The Morgan fingerprint density at radius 3 is 2.11 bits per heavy atom. The summed E-state index contributed by atoms with van der Waals surface area (Å²) in [6, 6.07) is 13.9. The molecule has 0 heterocycles. The lowest BCUT2D eigenvalue weighted by Crippen LogP contribution is -2.28. The van der Waals surface area contributed by atoms with Gasteiger partial charge in [0.25, 0.3) is 0 Å². The quantitative estimate of drug-likeness (QED) is 0.771. The molecule has 0 aromatic heterocycles. The molecule has 2 N–H and O–H groups in total. The molecule has 27 heavy (non-hydrogen) atoms. The normalized spacial score (nSPS) is 12.3. The summed E-state index contributed by atoms with van der Waals surface area (Å²) in [5, 5.41) is 19.0. The molecule has 5 nitrogen and oxygen atoms in total. The maximum atomic E-state index is 12.0. The number of benzene rings is 2. The van der Waals surface area contributed by atoms with Gasteiger partial charge >= 0.3 is 5.97 Å². The molecule has 0 saturated heterocycles. The molecule has 0 saturated carbocycles. The van der Waals surface area contributed by atoms with Gasteiger partial charge in [0.2, 0.25) is 5.91 Å². The number of carboxylic acid groups (broad SMARTS) is 1. The summed E-state index contributed by atoms with van der Waals surface area (Å²) in [6.07, 6.45) is 3.17. The van der Waals surface area contributed by atoms with E-state index in [1.54, 1.807) is 29.2 Å². The van der Waals surface area contributed by atoms with Gasteiger partial charge in [0.15, 0.2) is 0 Å². The third-order valence-electron chi connectivity index (χ3n) is 4.31. The summed E-state index contributed by atoms with van der Waals surface area (Å²) in [5.74, 6) is -0.924. The van der Waals surface area contributed by atoms with E-state index >= 15 is 0 Å². The Balaban J connectivity index is 2.09. The zero-order valence-electron chi connectivity index (χ0n) is 15.8. The fourth-order valence-corrected chi connectivity index (χ4v) is 2.68. The van der Waals surface area contributed by atoms with E-state index in [4.69, 9.17) is 5.11 Å². The van der Waals surface area contributed by atoms with Gasteiger partial charge < -0.3 is 15.1 Å². The van der Waals surface area contributed by atoms with Gasteiger partial charge in [-0.05, 0) is 41.3 Å². The van der Waals surface area contributed by atoms with E-state index < -0.39 is 12.1 Å². The topological polar surface area (TPSA) is 77.8 Å². The Hall–Kier alpha value is -2.92. The molecule has 1 atom stereocenters. The molecule has 2 aromatic rings. The zero-order valence-corrected chi connectivity index (χ0v) is 15.8. The van der Waals surface area contributed by atoms with Crippen molar-refractivity contribution in [2.75, 3.05) is 11.4 Å². The Morgan fingerprint density at radius 2 is 1.63 bits per heavy atom. The van der Waals surface area contributed by atoms with E-state index in [2.05, 4.69) is 0 Å². The first-order valence-electron chi connectivity index (χ1n) is 8.85. The average molecular weight is 367 g/mol. The first-order valence-corrected chi connectivity index (χ1v) is 8.85. The van der Waals surface area contributed by atoms with Gasteiger partial charge in [0, 0.05) is 19.2 Å². The van der Waals surface area contributed by atoms with Crippen molar-refractivity contribution in [2.45, 2.75) is 26.9 Å². The summed E-state index contributed by atoms with van der Waals surface area (Å²) in [7, 11) is 0. The molecule has 0 bridgehead atoms. The lowest BCUT2D eigenvalue weighted by molar-refractivity contribution is -0.116. The SMILES string of the molecule is CC(=O)N(C/C=C/c1ccc(C(=O)O)cc1)c1ccc(C(O)C(C)C)cc1. The molecule has 0 aliphatic carbocycles. The highest BCUT2D eigenvalue weighted by molar-refractivity contribution is 5.92. The molecule has 0 spiro atoms. The highest BCUT2D eigenvalue weighted by Gasteiger charge is 2.14. The van der Waals surface area contributed by atoms with Crippen LogP contribution in [0.4, 0.5) is 5.69 Å². The first-order chi connectivity index (χ1) is 12.8. The maximum Gasteiger partial charge on any atom is 0.335 e. The molecule has 2 rings (SSSR count). The highest BCUT2D eigenvalue weighted by atomic mass is 16.4. The van der Waals surface area contributed by atoms with E-state index in [0.717, 1.165) is 16.8 Å². The Bertz CT molecular complexity index is 807. The minimum absolute atomic E-state index is 0.0852. The maximum absolute atomic E-state index is 12.0. The number of hydrogen-bond acceptors (Lipinski definition) is 3. The Morgan fingerprint density at radius 1 is 1.04 bits per heavy atom. The van der Waals surface area contributed by atoms with Gasteiger partial charge in [-0.1, -0.05) is 50.3 Å². The lowest BCUT2D eigenvalue weighted by Gasteiger charge is -2.21. The molecular weight excluding hydrogens is 342 g/mol. The van der Waals surface area contributed by atoms with Crippen molar-refractivity contribution in [3.05, 3.63) is 71.3 Å². The van der Waals surface area contributed by atoms with Gasteiger partial charge in [0.1, 0.15) is 0 Å². The van der Waals surface area contributed by atoms with Crippen molar-refractivity contribution in [3.63, 3.8) is 0 Å². The van der Waals surface area contributed by atoms with Crippen molar-refractivity contribution in [2.24, 2.45) is 5.92 Å². The van der Waals surface area contributed by atoms with Crippen LogP contribution in [0.1, 0.15) is 48.4 Å². The third kappa shape index (κ3) is 5.53. The minimum Gasteiger partial charge on any atom is -0.478 e. The zero-order chi connectivity index (χ0) is 20.0. The number of carboxylic acids is 1. The molecule has 1 amide bonds. The minimum atomic E-state index is -0.959. The fourth-order valence-electron chi connectivity index (χ4n) is 2.68. The second-order valence-electron chi connectivity index (χ2n) is 6.74. The average Bonchev–Trinajstić information content (AvgIpc) is 2.65. The van der Waals surface area contributed by atoms with E-state index in [1.807, 2.05) is 50.3 Å². The van der Waals surface area contributed by atoms with Gasteiger partial charge in [-0.15, -0.1) is 0 Å². The largest absolute Gasteiger partial charge is 0.478 e. The molecule has 5 heteroatoms. The van der Waals surface area contributed by atoms with Crippen LogP contribution < -0.4 is 4.90 Å². The monoisotopic (exact) mass is 367 g/mol. The van der Waals surface area contributed by atoms with Crippen LogP contribution in [0.2, 0.25) is 0 Å². The summed E-state index contributed by atoms with van der Waals surface area (Å²) >= 11 is 0. The summed E-state index contributed by atoms with van der Waals surface area (Å²) in [4.78, 5) is 24.5. The standard InChI is InChI=1S/C22H25NO4/c1-15(2)21(25)18-10-12-20(13-11-18)23(16(3)24)14-4-5-17-6-8-19(9-7-17)22(26)27/h4-13,15,21,25H,14H2,1-3H3,(H,26,27)/b5-4+. The molecule has 1 unspecified atom stereocenters. The summed E-state index contributed by atoms with van der Waals surface area (Å²) < 4.78 is 0. The lowest BCUT2D eigenvalue weighted by atomic mass is 9.99. The van der Waals surface area contributed by atoms with Crippen LogP contribution in [0.3, 0.4) is 0 Å². The van der Waals surface area contributed by atoms with Crippen LogP contribution in [0.5, 0.6) is 0 Å². The molecule has 0 fully saturated rings. The predicted molar refractivity (Wildman–Crippen MR) is 107 cm³/mol. The number of aromatic carboxylic acids is 1. The van der Waals surface area contributed by atoms with E-state index in [0.29, 0.717) is 6.54 Å².